The second-order valence-corrected chi connectivity index (χ2v) is 4.90. The minimum Gasteiger partial charge on any atom is -0.480 e. The van der Waals surface area contributed by atoms with Crippen molar-refractivity contribution in [1.29, 1.82) is 0 Å². The second kappa shape index (κ2) is 7.08. The number of amides is 2. The van der Waals surface area contributed by atoms with Gasteiger partial charge in [0.2, 0.25) is 0 Å². The number of aliphatic carboxylic acids is 1. The van der Waals surface area contributed by atoms with Gasteiger partial charge in [0.05, 0.1) is 13.2 Å². The molecule has 6 heteroatoms. The SMILES string of the molecule is CCN(Cc1ccccc1)C(=O)N1CCOCC1C(=O)O. The van der Waals surface area contributed by atoms with Crippen molar-refractivity contribution in [3.8, 4) is 0 Å². The molecule has 1 aromatic rings. The first-order chi connectivity index (χ1) is 10.1. The average molecular weight is 292 g/mol. The van der Waals surface area contributed by atoms with Gasteiger partial charge in [-0.25, -0.2) is 9.59 Å². The van der Waals surface area contributed by atoms with E-state index >= 15 is 0 Å². The number of urea groups is 1. The fraction of sp³-hybridized carbons (Fsp3) is 0.467. The van der Waals surface area contributed by atoms with Crippen molar-refractivity contribution in [1.82, 2.24) is 9.80 Å². The van der Waals surface area contributed by atoms with Crippen LogP contribution in [0.5, 0.6) is 0 Å². The molecule has 2 rings (SSSR count). The molecule has 1 aliphatic heterocycles. The monoisotopic (exact) mass is 292 g/mol. The standard InChI is InChI=1S/C15H20N2O4/c1-2-16(10-12-6-4-3-5-7-12)15(20)17-8-9-21-11-13(17)14(18)19/h3-7,13H,2,8-11H2,1H3,(H,18,19). The maximum Gasteiger partial charge on any atom is 0.328 e. The number of benzene rings is 1. The zero-order chi connectivity index (χ0) is 15.2. The molecule has 0 bridgehead atoms. The quantitative estimate of drug-likeness (QED) is 0.911. The Hall–Kier alpha value is -2.08. The van der Waals surface area contributed by atoms with E-state index in [0.29, 0.717) is 26.2 Å². The van der Waals surface area contributed by atoms with E-state index in [0.717, 1.165) is 5.56 Å². The Balaban J connectivity index is 2.09. The largest absolute Gasteiger partial charge is 0.480 e. The lowest BCUT2D eigenvalue weighted by Gasteiger charge is -2.36. The molecule has 1 heterocycles. The first-order valence-electron chi connectivity index (χ1n) is 7.03. The Morgan fingerprint density at radius 3 is 2.71 bits per heavy atom. The van der Waals surface area contributed by atoms with Crippen LogP contribution in [-0.2, 0) is 16.1 Å². The smallest absolute Gasteiger partial charge is 0.328 e. The fourth-order valence-electron chi connectivity index (χ4n) is 2.34. The summed E-state index contributed by atoms with van der Waals surface area (Å²) in [6, 6.07) is 8.50. The molecule has 1 atom stereocenters. The van der Waals surface area contributed by atoms with E-state index < -0.39 is 12.0 Å². The molecule has 0 radical (unpaired) electrons. The number of carbonyl (C=O) groups excluding carboxylic acids is 1. The summed E-state index contributed by atoms with van der Waals surface area (Å²) in [4.78, 5) is 26.9. The predicted molar refractivity (Wildman–Crippen MR) is 76.9 cm³/mol. The summed E-state index contributed by atoms with van der Waals surface area (Å²) < 4.78 is 5.16. The first-order valence-corrected chi connectivity index (χ1v) is 7.03. The average Bonchev–Trinajstić information content (AvgIpc) is 2.53. The Morgan fingerprint density at radius 2 is 2.10 bits per heavy atom. The molecule has 1 fully saturated rings. The minimum atomic E-state index is -1.03. The molecular weight excluding hydrogens is 272 g/mol. The number of carbonyl (C=O) groups is 2. The van der Waals surface area contributed by atoms with E-state index in [9.17, 15) is 14.7 Å². The van der Waals surface area contributed by atoms with E-state index in [1.165, 1.54) is 4.90 Å². The molecule has 0 spiro atoms. The number of rotatable bonds is 4. The Morgan fingerprint density at radius 1 is 1.38 bits per heavy atom. The van der Waals surface area contributed by atoms with E-state index in [1.54, 1.807) is 4.90 Å². The van der Waals surface area contributed by atoms with Crippen LogP contribution in [0.15, 0.2) is 30.3 Å². The van der Waals surface area contributed by atoms with Gasteiger partial charge >= 0.3 is 12.0 Å². The van der Waals surface area contributed by atoms with Gasteiger partial charge in [0, 0.05) is 19.6 Å². The molecule has 21 heavy (non-hydrogen) atoms. The van der Waals surface area contributed by atoms with Gasteiger partial charge in [-0.2, -0.15) is 0 Å². The summed E-state index contributed by atoms with van der Waals surface area (Å²) in [5.74, 6) is -1.03. The summed E-state index contributed by atoms with van der Waals surface area (Å²) in [5.41, 5.74) is 1.02. The van der Waals surface area contributed by atoms with Crippen molar-refractivity contribution < 1.29 is 19.4 Å². The van der Waals surface area contributed by atoms with E-state index in [1.807, 2.05) is 37.3 Å². The lowest BCUT2D eigenvalue weighted by molar-refractivity contribution is -0.147. The van der Waals surface area contributed by atoms with E-state index in [4.69, 9.17) is 4.74 Å². The number of nitrogens with zero attached hydrogens (tertiary/aromatic N) is 2. The maximum absolute atomic E-state index is 12.6. The van der Waals surface area contributed by atoms with Crippen molar-refractivity contribution in [2.45, 2.75) is 19.5 Å². The van der Waals surface area contributed by atoms with Crippen molar-refractivity contribution in [3.63, 3.8) is 0 Å². The van der Waals surface area contributed by atoms with Gasteiger partial charge in [-0.3, -0.25) is 0 Å². The highest BCUT2D eigenvalue weighted by Crippen LogP contribution is 2.13. The molecule has 6 nitrogen and oxygen atoms in total. The number of hydrogen-bond acceptors (Lipinski definition) is 3. The summed E-state index contributed by atoms with van der Waals surface area (Å²) >= 11 is 0. The van der Waals surface area contributed by atoms with Crippen LogP contribution in [0.3, 0.4) is 0 Å². The van der Waals surface area contributed by atoms with Gasteiger partial charge in [0.15, 0.2) is 6.04 Å². The Bertz CT molecular complexity index is 492. The maximum atomic E-state index is 12.6. The molecule has 2 amide bonds. The van der Waals surface area contributed by atoms with Gasteiger partial charge in [-0.15, -0.1) is 0 Å². The highest BCUT2D eigenvalue weighted by Gasteiger charge is 2.34. The van der Waals surface area contributed by atoms with Crippen molar-refractivity contribution in [3.05, 3.63) is 35.9 Å². The summed E-state index contributed by atoms with van der Waals surface area (Å²) in [7, 11) is 0. The molecule has 1 aromatic carbocycles. The normalized spacial score (nSPS) is 18.3. The lowest BCUT2D eigenvalue weighted by atomic mass is 10.2. The van der Waals surface area contributed by atoms with Crippen LogP contribution in [0.25, 0.3) is 0 Å². The van der Waals surface area contributed by atoms with Crippen LogP contribution in [-0.4, -0.2) is 59.3 Å². The van der Waals surface area contributed by atoms with Gasteiger partial charge in [0.1, 0.15) is 0 Å². The highest BCUT2D eigenvalue weighted by molar-refractivity contribution is 5.83. The molecule has 0 saturated carbocycles. The number of carboxylic acid groups (broad SMARTS) is 1. The predicted octanol–water partition coefficient (Wildman–Crippen LogP) is 1.41. The third-order valence-corrected chi connectivity index (χ3v) is 3.53. The zero-order valence-electron chi connectivity index (χ0n) is 12.1. The topological polar surface area (TPSA) is 70.1 Å². The summed E-state index contributed by atoms with van der Waals surface area (Å²) in [6.45, 7) is 3.61. The van der Waals surface area contributed by atoms with Crippen molar-refractivity contribution in [2.75, 3.05) is 26.3 Å². The third-order valence-electron chi connectivity index (χ3n) is 3.53. The van der Waals surface area contributed by atoms with Crippen molar-refractivity contribution in [2.24, 2.45) is 0 Å². The lowest BCUT2D eigenvalue weighted by Crippen LogP contribution is -2.56. The van der Waals surface area contributed by atoms with Gasteiger partial charge in [0.25, 0.3) is 0 Å². The summed E-state index contributed by atoms with van der Waals surface area (Å²) in [5, 5.41) is 9.21. The van der Waals surface area contributed by atoms with Crippen LogP contribution in [0.1, 0.15) is 12.5 Å². The fourth-order valence-corrected chi connectivity index (χ4v) is 2.34. The molecule has 1 unspecified atom stereocenters. The molecule has 0 aromatic heterocycles. The Kier molecular flexibility index (Phi) is 5.16. The number of hydrogen-bond donors (Lipinski definition) is 1. The number of ether oxygens (including phenoxy) is 1. The Labute approximate surface area is 123 Å². The zero-order valence-corrected chi connectivity index (χ0v) is 12.1. The second-order valence-electron chi connectivity index (χ2n) is 4.90. The molecular formula is C15H20N2O4. The molecule has 0 aliphatic carbocycles. The highest BCUT2D eigenvalue weighted by atomic mass is 16.5. The van der Waals surface area contributed by atoms with E-state index in [-0.39, 0.29) is 12.6 Å². The van der Waals surface area contributed by atoms with Crippen molar-refractivity contribution >= 4 is 12.0 Å². The van der Waals surface area contributed by atoms with Gasteiger partial charge < -0.3 is 19.6 Å². The van der Waals surface area contributed by atoms with Crippen LogP contribution >= 0.6 is 0 Å². The first kappa shape index (κ1) is 15.3. The van der Waals surface area contributed by atoms with Crippen LogP contribution in [0.2, 0.25) is 0 Å². The molecule has 1 aliphatic rings. The molecule has 114 valence electrons. The molecule has 1 saturated heterocycles. The van der Waals surface area contributed by atoms with Crippen LogP contribution in [0, 0.1) is 0 Å². The number of carboxylic acids is 1. The van der Waals surface area contributed by atoms with Gasteiger partial charge in [-0.1, -0.05) is 30.3 Å². The van der Waals surface area contributed by atoms with Crippen LogP contribution in [0.4, 0.5) is 4.79 Å². The van der Waals surface area contributed by atoms with Gasteiger partial charge in [-0.05, 0) is 12.5 Å². The molecule has 1 N–H and O–H groups in total. The van der Waals surface area contributed by atoms with E-state index in [2.05, 4.69) is 0 Å². The number of morpholine rings is 1. The summed E-state index contributed by atoms with van der Waals surface area (Å²) in [6.07, 6.45) is 0. The third kappa shape index (κ3) is 3.72. The van der Waals surface area contributed by atoms with Crippen LogP contribution < -0.4 is 0 Å². The minimum absolute atomic E-state index is 0.0456.